The summed E-state index contributed by atoms with van der Waals surface area (Å²) in [6, 6.07) is 6.13. The van der Waals surface area contributed by atoms with E-state index in [-0.39, 0.29) is 36.5 Å². The molecule has 3 rings (SSSR count). The molecule has 37 heavy (non-hydrogen) atoms. The van der Waals surface area contributed by atoms with Gasteiger partial charge in [0.15, 0.2) is 0 Å². The summed E-state index contributed by atoms with van der Waals surface area (Å²) in [5.74, 6) is -0.212. The highest BCUT2D eigenvalue weighted by Crippen LogP contribution is 2.40. The monoisotopic (exact) mass is 520 g/mol. The number of nitrogens with one attached hydrogen (secondary N) is 2. The Balaban J connectivity index is 1.70. The molecule has 0 aromatic heterocycles. The van der Waals surface area contributed by atoms with Crippen LogP contribution in [0.25, 0.3) is 0 Å². The molecule has 1 aliphatic carbocycles. The van der Waals surface area contributed by atoms with Crippen molar-refractivity contribution in [2.75, 3.05) is 40.3 Å². The van der Waals surface area contributed by atoms with Gasteiger partial charge in [0.2, 0.25) is 0 Å². The van der Waals surface area contributed by atoms with Crippen molar-refractivity contribution >= 4 is 12.1 Å². The number of carbonyl (C=O) groups is 2. The number of halogens is 1. The van der Waals surface area contributed by atoms with Crippen molar-refractivity contribution < 1.29 is 24.2 Å². The van der Waals surface area contributed by atoms with Crippen LogP contribution in [0.4, 0.5) is 14.0 Å². The number of likely N-dealkylation sites (tertiary alicyclic amines) is 1. The van der Waals surface area contributed by atoms with Gasteiger partial charge in [-0.3, -0.25) is 0 Å². The van der Waals surface area contributed by atoms with E-state index in [2.05, 4.69) is 10.6 Å². The van der Waals surface area contributed by atoms with E-state index in [9.17, 15) is 24.2 Å². The maximum absolute atomic E-state index is 14.9. The summed E-state index contributed by atoms with van der Waals surface area (Å²) in [4.78, 5) is 27.5. The Morgan fingerprint density at radius 1 is 1.19 bits per heavy atom. The fourth-order valence-electron chi connectivity index (χ4n) is 6.13. The molecule has 2 fully saturated rings. The average molecular weight is 521 g/mol. The number of aliphatic hydroxyl groups is 1. The lowest BCUT2D eigenvalue weighted by Crippen LogP contribution is -2.54. The first-order valence-corrected chi connectivity index (χ1v) is 13.9. The lowest BCUT2D eigenvalue weighted by Gasteiger charge is -2.43. The Bertz CT molecular complexity index is 881. The van der Waals surface area contributed by atoms with Crippen LogP contribution < -0.4 is 10.6 Å². The molecule has 4 N–H and O–H groups in total. The third-order valence-corrected chi connectivity index (χ3v) is 8.22. The average Bonchev–Trinajstić information content (AvgIpc) is 2.89. The van der Waals surface area contributed by atoms with E-state index in [1.165, 1.54) is 45.2 Å². The van der Waals surface area contributed by atoms with Crippen molar-refractivity contribution in [3.8, 4) is 0 Å². The van der Waals surface area contributed by atoms with E-state index in [1.807, 2.05) is 7.05 Å². The van der Waals surface area contributed by atoms with Crippen LogP contribution in [0.2, 0.25) is 0 Å². The Labute approximate surface area is 220 Å². The van der Waals surface area contributed by atoms with Crippen molar-refractivity contribution in [3.63, 3.8) is 0 Å². The molecule has 3 unspecified atom stereocenters. The molecule has 208 valence electrons. The molecular weight excluding hydrogens is 475 g/mol. The minimum atomic E-state index is -1.50. The molecule has 3 amide bonds. The fourth-order valence-corrected chi connectivity index (χ4v) is 6.13. The number of carbonyl (C=O) groups excluding carboxylic acids is 1. The van der Waals surface area contributed by atoms with Gasteiger partial charge < -0.3 is 30.6 Å². The third-order valence-electron chi connectivity index (χ3n) is 8.22. The van der Waals surface area contributed by atoms with E-state index in [4.69, 9.17) is 0 Å². The van der Waals surface area contributed by atoms with Crippen LogP contribution in [-0.2, 0) is 5.60 Å². The van der Waals surface area contributed by atoms with Crippen LogP contribution in [-0.4, -0.2) is 78.5 Å². The first kappa shape index (κ1) is 29.2. The third kappa shape index (κ3) is 8.04. The molecule has 8 nitrogen and oxygen atoms in total. The highest BCUT2D eigenvalue weighted by atomic mass is 19.1. The first-order valence-electron chi connectivity index (χ1n) is 13.9. The van der Waals surface area contributed by atoms with Crippen molar-refractivity contribution in [2.24, 2.45) is 11.8 Å². The predicted octanol–water partition coefficient (Wildman–Crippen LogP) is 4.38. The number of carboxylic acid groups (broad SMARTS) is 1. The summed E-state index contributed by atoms with van der Waals surface area (Å²) in [6.45, 7) is 1.85. The molecule has 1 saturated heterocycles. The SMILES string of the molecule is CNCC(CC1CCCCC1)NC(=O)N1CCCC(C(O)(CCCN(C)C(=O)O)c2ccccc2F)C1. The Morgan fingerprint density at radius 2 is 1.92 bits per heavy atom. The normalized spacial score (nSPS) is 21.2. The van der Waals surface area contributed by atoms with Gasteiger partial charge in [0, 0.05) is 50.7 Å². The van der Waals surface area contributed by atoms with E-state index in [1.54, 1.807) is 23.1 Å². The fraction of sp³-hybridized carbons (Fsp3) is 0.714. The number of urea groups is 1. The van der Waals surface area contributed by atoms with E-state index in [0.717, 1.165) is 11.3 Å². The molecule has 0 spiro atoms. The van der Waals surface area contributed by atoms with Gasteiger partial charge in [-0.05, 0) is 51.1 Å². The molecular formula is C28H45FN4O4. The molecule has 1 saturated carbocycles. The predicted molar refractivity (Wildman–Crippen MR) is 142 cm³/mol. The molecule has 0 radical (unpaired) electrons. The van der Waals surface area contributed by atoms with E-state index >= 15 is 0 Å². The number of amides is 3. The summed E-state index contributed by atoms with van der Waals surface area (Å²) in [5, 5.41) is 27.6. The standard InChI is InChI=1S/C28H45FN4O4/c1-30-19-23(18-21-10-4-3-5-11-21)31-26(34)33-17-8-12-22(20-33)28(37,15-9-16-32(2)27(35)36)24-13-6-7-14-25(24)29/h6-7,13-14,21-23,30,37H,3-5,8-12,15-20H2,1-2H3,(H,31,34)(H,35,36). The molecule has 1 heterocycles. The summed E-state index contributed by atoms with van der Waals surface area (Å²) in [5.41, 5.74) is -1.29. The smallest absolute Gasteiger partial charge is 0.407 e. The van der Waals surface area contributed by atoms with Crippen molar-refractivity contribution in [3.05, 3.63) is 35.6 Å². The molecule has 9 heteroatoms. The van der Waals surface area contributed by atoms with Crippen molar-refractivity contribution in [1.82, 2.24) is 20.4 Å². The number of likely N-dealkylation sites (N-methyl/N-ethyl adjacent to an activating group) is 1. The molecule has 1 aliphatic heterocycles. The van der Waals surface area contributed by atoms with E-state index < -0.39 is 17.5 Å². The highest BCUT2D eigenvalue weighted by Gasteiger charge is 2.43. The quantitative estimate of drug-likeness (QED) is 0.347. The van der Waals surface area contributed by atoms with Crippen LogP contribution >= 0.6 is 0 Å². The Kier molecular flexibility index (Phi) is 11.0. The van der Waals surface area contributed by atoms with Gasteiger partial charge >= 0.3 is 12.1 Å². The topological polar surface area (TPSA) is 105 Å². The minimum absolute atomic E-state index is 0.0398. The number of hydrogen-bond acceptors (Lipinski definition) is 4. The van der Waals surface area contributed by atoms with Gasteiger partial charge in [-0.2, -0.15) is 0 Å². The van der Waals surface area contributed by atoms with Crippen molar-refractivity contribution in [2.45, 2.75) is 75.9 Å². The number of piperidine rings is 1. The lowest BCUT2D eigenvalue weighted by atomic mass is 9.74. The van der Waals surface area contributed by atoms with Gasteiger partial charge in [0.25, 0.3) is 0 Å². The van der Waals surface area contributed by atoms with Crippen LogP contribution in [0.5, 0.6) is 0 Å². The second-order valence-corrected chi connectivity index (χ2v) is 10.9. The van der Waals surface area contributed by atoms with Gasteiger partial charge in [0.1, 0.15) is 5.82 Å². The molecule has 3 atom stereocenters. The number of hydrogen-bond donors (Lipinski definition) is 4. The van der Waals surface area contributed by atoms with Crippen LogP contribution in [0, 0.1) is 17.7 Å². The number of benzene rings is 1. The second kappa shape index (κ2) is 14.0. The maximum atomic E-state index is 14.9. The minimum Gasteiger partial charge on any atom is -0.465 e. The van der Waals surface area contributed by atoms with Crippen LogP contribution in [0.1, 0.15) is 69.8 Å². The second-order valence-electron chi connectivity index (χ2n) is 10.9. The highest BCUT2D eigenvalue weighted by molar-refractivity contribution is 5.74. The van der Waals surface area contributed by atoms with Gasteiger partial charge in [-0.25, -0.2) is 14.0 Å². The molecule has 1 aromatic carbocycles. The van der Waals surface area contributed by atoms with Gasteiger partial charge in [-0.15, -0.1) is 0 Å². The largest absolute Gasteiger partial charge is 0.465 e. The number of nitrogens with zero attached hydrogens (tertiary/aromatic N) is 2. The van der Waals surface area contributed by atoms with Crippen LogP contribution in [0.15, 0.2) is 24.3 Å². The molecule has 0 bridgehead atoms. The van der Waals surface area contributed by atoms with E-state index in [0.29, 0.717) is 44.8 Å². The summed E-state index contributed by atoms with van der Waals surface area (Å²) in [6.07, 6.45) is 8.12. The zero-order chi connectivity index (χ0) is 26.8. The maximum Gasteiger partial charge on any atom is 0.407 e. The lowest BCUT2D eigenvalue weighted by molar-refractivity contribution is -0.0586. The summed E-state index contributed by atoms with van der Waals surface area (Å²) in [7, 11) is 3.37. The van der Waals surface area contributed by atoms with Crippen LogP contribution in [0.3, 0.4) is 0 Å². The molecule has 2 aliphatic rings. The zero-order valence-corrected chi connectivity index (χ0v) is 22.4. The molecule has 1 aromatic rings. The zero-order valence-electron chi connectivity index (χ0n) is 22.4. The van der Waals surface area contributed by atoms with Crippen molar-refractivity contribution in [1.29, 1.82) is 0 Å². The Hall–Kier alpha value is -2.39. The number of rotatable bonds is 11. The first-order chi connectivity index (χ1) is 17.7. The summed E-state index contributed by atoms with van der Waals surface area (Å²) >= 11 is 0. The summed E-state index contributed by atoms with van der Waals surface area (Å²) < 4.78 is 14.9. The Morgan fingerprint density at radius 3 is 2.59 bits per heavy atom. The van der Waals surface area contributed by atoms with Gasteiger partial charge in [-0.1, -0.05) is 50.3 Å². The van der Waals surface area contributed by atoms with Gasteiger partial charge in [0.05, 0.1) is 5.60 Å².